The molecule has 0 aromatic carbocycles. The Kier molecular flexibility index (Phi) is 25.8. The number of carbonyl (C=O) groups excluding carboxylic acids is 3. The molecule has 0 saturated heterocycles. The zero-order valence-corrected chi connectivity index (χ0v) is 19.7. The van der Waals surface area contributed by atoms with Crippen molar-refractivity contribution in [2.24, 2.45) is 0 Å². The molecule has 0 aliphatic rings. The number of allylic oxidation sites excluding steroid dienone is 2. The zero-order chi connectivity index (χ0) is 26.8. The molecule has 0 aromatic rings. The molecule has 34 heavy (non-hydrogen) atoms. The Morgan fingerprint density at radius 3 is 2.12 bits per heavy atom. The number of carbonyl (C=O) groups is 4. The minimum atomic E-state index is -1.08. The molecule has 0 radical (unpaired) electrons. The Bertz CT molecular complexity index is 774. The molecular formula is C24H33NO9. The summed E-state index contributed by atoms with van der Waals surface area (Å²) in [4.78, 5) is 42.1. The monoisotopic (exact) mass is 479 g/mol. The van der Waals surface area contributed by atoms with Gasteiger partial charge >= 0.3 is 23.9 Å². The van der Waals surface area contributed by atoms with Gasteiger partial charge in [0.2, 0.25) is 0 Å². The van der Waals surface area contributed by atoms with Crippen molar-refractivity contribution in [1.82, 2.24) is 0 Å². The predicted molar refractivity (Wildman–Crippen MR) is 125 cm³/mol. The third-order valence-corrected chi connectivity index (χ3v) is 3.04. The molecule has 0 bridgehead atoms. The molecule has 0 spiro atoms. The van der Waals surface area contributed by atoms with E-state index in [1.807, 2.05) is 6.92 Å². The van der Waals surface area contributed by atoms with Gasteiger partial charge in [0.05, 0.1) is 31.5 Å². The first-order valence-electron chi connectivity index (χ1n) is 10.2. The van der Waals surface area contributed by atoms with E-state index in [1.54, 1.807) is 13.0 Å². The summed E-state index contributed by atoms with van der Waals surface area (Å²) in [6, 6.07) is 1.75. The molecule has 0 unspecified atom stereocenters. The maximum Gasteiger partial charge on any atom is 0.337 e. The lowest BCUT2D eigenvalue weighted by atomic mass is 10.2. The van der Waals surface area contributed by atoms with Crippen LogP contribution in [0.1, 0.15) is 33.1 Å². The van der Waals surface area contributed by atoms with Crippen molar-refractivity contribution in [3.63, 3.8) is 0 Å². The number of carboxylic acids is 1. The van der Waals surface area contributed by atoms with Gasteiger partial charge in [-0.1, -0.05) is 39.2 Å². The van der Waals surface area contributed by atoms with Crippen molar-refractivity contribution in [2.75, 3.05) is 26.4 Å². The summed E-state index contributed by atoms with van der Waals surface area (Å²) in [5, 5.41) is 24.7. The number of aliphatic carboxylic acids is 1. The van der Waals surface area contributed by atoms with Crippen molar-refractivity contribution in [1.29, 1.82) is 5.26 Å². The molecule has 0 atom stereocenters. The molecule has 0 saturated carbocycles. The van der Waals surface area contributed by atoms with Crippen LogP contribution in [0.5, 0.6) is 0 Å². The highest BCUT2D eigenvalue weighted by Crippen LogP contribution is 2.02. The maximum absolute atomic E-state index is 11.0. The average Bonchev–Trinajstić information content (AvgIpc) is 2.81. The van der Waals surface area contributed by atoms with Crippen molar-refractivity contribution in [3.8, 4) is 6.07 Å². The number of aliphatic hydroxyl groups is 1. The second-order valence-electron chi connectivity index (χ2n) is 5.84. The number of nitrogens with zero attached hydrogens (tertiary/aromatic N) is 1. The Labute approximate surface area is 200 Å². The van der Waals surface area contributed by atoms with Gasteiger partial charge in [0.25, 0.3) is 0 Å². The van der Waals surface area contributed by atoms with E-state index in [0.29, 0.717) is 13.2 Å². The Hall–Kier alpha value is -3.97. The number of unbranched alkanes of at least 4 members (excludes halogenated alkanes) is 1. The summed E-state index contributed by atoms with van der Waals surface area (Å²) in [5.74, 6) is -2.53. The number of hydrogen-bond donors (Lipinski definition) is 2. The van der Waals surface area contributed by atoms with E-state index in [2.05, 4.69) is 33.9 Å². The fraction of sp³-hybridized carbons (Fsp3) is 0.375. The van der Waals surface area contributed by atoms with Crippen LogP contribution >= 0.6 is 0 Å². The third kappa shape index (κ3) is 26.1. The number of aliphatic hydroxyl groups excluding tert-OH is 1. The molecular weight excluding hydrogens is 446 g/mol. The number of carboxylic acid groups (broad SMARTS) is 1. The van der Waals surface area contributed by atoms with E-state index in [4.69, 9.17) is 15.5 Å². The van der Waals surface area contributed by atoms with Gasteiger partial charge in [-0.25, -0.2) is 19.2 Å². The Balaban J connectivity index is -0.000000435. The largest absolute Gasteiger partial charge is 0.478 e. The molecule has 0 amide bonds. The highest BCUT2D eigenvalue weighted by Gasteiger charge is 2.06. The van der Waals surface area contributed by atoms with Crippen LogP contribution < -0.4 is 0 Å². The fourth-order valence-corrected chi connectivity index (χ4v) is 1.43. The van der Waals surface area contributed by atoms with Gasteiger partial charge < -0.3 is 24.4 Å². The maximum atomic E-state index is 11.0. The summed E-state index contributed by atoms with van der Waals surface area (Å²) < 4.78 is 13.8. The van der Waals surface area contributed by atoms with Crippen LogP contribution in [0.25, 0.3) is 0 Å². The first kappa shape index (κ1) is 34.6. The van der Waals surface area contributed by atoms with Crippen LogP contribution in [0, 0.1) is 11.3 Å². The second kappa shape index (κ2) is 25.3. The van der Waals surface area contributed by atoms with Crippen LogP contribution in [0.2, 0.25) is 0 Å². The summed E-state index contributed by atoms with van der Waals surface area (Å²) in [5.41, 5.74) is 0.337. The van der Waals surface area contributed by atoms with E-state index in [9.17, 15) is 19.2 Å². The molecule has 0 rings (SSSR count). The lowest BCUT2D eigenvalue weighted by molar-refractivity contribution is -0.140. The van der Waals surface area contributed by atoms with Crippen LogP contribution in [0.4, 0.5) is 0 Å². The summed E-state index contributed by atoms with van der Waals surface area (Å²) >= 11 is 0. The minimum Gasteiger partial charge on any atom is -0.478 e. The number of rotatable bonds is 13. The van der Waals surface area contributed by atoms with Crippen molar-refractivity contribution >= 4 is 23.9 Å². The molecule has 0 heterocycles. The van der Waals surface area contributed by atoms with Crippen molar-refractivity contribution in [2.45, 2.75) is 33.1 Å². The fourth-order valence-electron chi connectivity index (χ4n) is 1.43. The topological polar surface area (TPSA) is 160 Å². The van der Waals surface area contributed by atoms with Crippen molar-refractivity contribution in [3.05, 3.63) is 61.3 Å². The minimum absolute atomic E-state index is 0.0828. The molecule has 2 N–H and O–H groups in total. The van der Waals surface area contributed by atoms with Crippen LogP contribution in [0.15, 0.2) is 61.3 Å². The highest BCUT2D eigenvalue weighted by atomic mass is 16.5. The normalized spacial score (nSPS) is 9.35. The van der Waals surface area contributed by atoms with E-state index >= 15 is 0 Å². The SMILES string of the molecule is C=C(C=CC#N)C(=O)OCC.C=C(CC=CC(=O)O)C(=O)OCCO.C=CC(=O)OCCCC. The first-order chi connectivity index (χ1) is 16.1. The quantitative estimate of drug-likeness (QED) is 0.100. The number of hydrogen-bond acceptors (Lipinski definition) is 9. The van der Waals surface area contributed by atoms with Gasteiger partial charge in [-0.15, -0.1) is 0 Å². The van der Waals surface area contributed by atoms with E-state index in [0.717, 1.165) is 18.9 Å². The number of ether oxygens (including phenoxy) is 3. The van der Waals surface area contributed by atoms with E-state index < -0.39 is 17.9 Å². The van der Waals surface area contributed by atoms with Gasteiger partial charge in [-0.05, 0) is 25.8 Å². The number of esters is 3. The average molecular weight is 480 g/mol. The second-order valence-corrected chi connectivity index (χ2v) is 5.84. The highest BCUT2D eigenvalue weighted by molar-refractivity contribution is 5.90. The molecule has 0 aromatic heterocycles. The Morgan fingerprint density at radius 1 is 1.00 bits per heavy atom. The zero-order valence-electron chi connectivity index (χ0n) is 19.7. The smallest absolute Gasteiger partial charge is 0.337 e. The molecule has 0 fully saturated rings. The van der Waals surface area contributed by atoms with Gasteiger partial charge in [0, 0.05) is 23.8 Å². The van der Waals surface area contributed by atoms with Gasteiger partial charge in [0.1, 0.15) is 6.61 Å². The van der Waals surface area contributed by atoms with Gasteiger partial charge in [0.15, 0.2) is 0 Å². The first-order valence-corrected chi connectivity index (χ1v) is 10.2. The van der Waals surface area contributed by atoms with E-state index in [1.165, 1.54) is 24.3 Å². The van der Waals surface area contributed by atoms with Crippen LogP contribution in [-0.2, 0) is 33.4 Å². The standard InChI is InChI=1S/C9H12O5.C8H9NO2.C7H12O2/c1-7(3-2-4-8(11)12)9(13)14-6-5-10;1-3-11-8(10)7(2)5-4-6-9;1-3-5-6-9-7(8)4-2/h2,4,10H,1,3,5-6H2,(H,11,12);4-5H,2-3H2,1H3;4H,2-3,5-6H2,1H3. The number of nitriles is 1. The molecule has 10 heteroatoms. The lowest BCUT2D eigenvalue weighted by Crippen LogP contribution is -2.09. The predicted octanol–water partition coefficient (Wildman–Crippen LogP) is 2.81. The molecule has 0 aliphatic carbocycles. The van der Waals surface area contributed by atoms with Gasteiger partial charge in [-0.2, -0.15) is 5.26 Å². The summed E-state index contributed by atoms with van der Waals surface area (Å²) in [6.45, 7) is 14.3. The Morgan fingerprint density at radius 2 is 1.65 bits per heavy atom. The molecule has 0 aliphatic heterocycles. The van der Waals surface area contributed by atoms with Gasteiger partial charge in [-0.3, -0.25) is 0 Å². The lowest BCUT2D eigenvalue weighted by Gasteiger charge is -2.02. The molecule has 10 nitrogen and oxygen atoms in total. The molecule has 188 valence electrons. The third-order valence-electron chi connectivity index (χ3n) is 3.04. The van der Waals surface area contributed by atoms with Crippen molar-refractivity contribution < 1.29 is 43.6 Å². The van der Waals surface area contributed by atoms with Crippen LogP contribution in [0.3, 0.4) is 0 Å². The summed E-state index contributed by atoms with van der Waals surface area (Å²) in [6.07, 6.45) is 7.99. The van der Waals surface area contributed by atoms with E-state index in [-0.39, 0.29) is 36.8 Å². The van der Waals surface area contributed by atoms with Crippen LogP contribution in [-0.4, -0.2) is 60.5 Å². The summed E-state index contributed by atoms with van der Waals surface area (Å²) in [7, 11) is 0.